The first-order valence-electron chi connectivity index (χ1n) is 7.19. The van der Waals surface area contributed by atoms with E-state index in [1.165, 1.54) is 0 Å². The summed E-state index contributed by atoms with van der Waals surface area (Å²) < 4.78 is 16.2. The molecule has 0 saturated carbocycles. The molecular weight excluding hydrogens is 282 g/mol. The van der Waals surface area contributed by atoms with Gasteiger partial charge in [0, 0.05) is 5.56 Å². The zero-order valence-electron chi connectivity index (χ0n) is 13.6. The highest BCUT2D eigenvalue weighted by atomic mass is 16.6. The second kappa shape index (κ2) is 8.18. The zero-order valence-corrected chi connectivity index (χ0v) is 13.6. The molecule has 1 amide bonds. The molecule has 22 heavy (non-hydrogen) atoms. The van der Waals surface area contributed by atoms with Crippen molar-refractivity contribution in [2.75, 3.05) is 19.8 Å². The van der Waals surface area contributed by atoms with E-state index in [-0.39, 0.29) is 0 Å². The number of alkyl carbamates (subject to hydrolysis) is 1. The minimum absolute atomic E-state index is 0.300. The maximum atomic E-state index is 11.5. The molecule has 120 valence electrons. The molecule has 1 aromatic carbocycles. The van der Waals surface area contributed by atoms with Gasteiger partial charge in [-0.3, -0.25) is 0 Å². The largest absolute Gasteiger partial charge is 0.490 e. The van der Waals surface area contributed by atoms with Gasteiger partial charge < -0.3 is 19.5 Å². The molecule has 0 bridgehead atoms. The van der Waals surface area contributed by atoms with Crippen LogP contribution in [0.25, 0.3) is 0 Å². The lowest BCUT2D eigenvalue weighted by atomic mass is 10.2. The van der Waals surface area contributed by atoms with Gasteiger partial charge in [0.25, 0.3) is 0 Å². The van der Waals surface area contributed by atoms with Crippen LogP contribution >= 0.6 is 0 Å². The monoisotopic (exact) mass is 305 g/mol. The highest BCUT2D eigenvalue weighted by molar-refractivity contribution is 5.67. The van der Waals surface area contributed by atoms with Crippen LogP contribution in [0.15, 0.2) is 18.2 Å². The van der Waals surface area contributed by atoms with E-state index in [2.05, 4.69) is 11.2 Å². The highest BCUT2D eigenvalue weighted by Gasteiger charge is 2.15. The van der Waals surface area contributed by atoms with Crippen molar-refractivity contribution >= 4 is 6.09 Å². The summed E-state index contributed by atoms with van der Waals surface area (Å²) >= 11 is 0. The predicted molar refractivity (Wildman–Crippen MR) is 85.3 cm³/mol. The Morgan fingerprint density at radius 1 is 1.27 bits per heavy atom. The number of nitrogens with one attached hydrogen (secondary N) is 1. The van der Waals surface area contributed by atoms with Crippen LogP contribution in [0.4, 0.5) is 4.79 Å². The Labute approximate surface area is 131 Å². The Morgan fingerprint density at radius 2 is 2.00 bits per heavy atom. The van der Waals surface area contributed by atoms with E-state index in [0.717, 1.165) is 5.56 Å². The molecule has 5 heteroatoms. The average molecular weight is 305 g/mol. The molecule has 0 aliphatic heterocycles. The van der Waals surface area contributed by atoms with E-state index >= 15 is 0 Å². The van der Waals surface area contributed by atoms with Crippen molar-refractivity contribution in [3.8, 4) is 23.8 Å². The van der Waals surface area contributed by atoms with Crippen LogP contribution in [0.5, 0.6) is 11.5 Å². The third kappa shape index (κ3) is 6.40. The number of amides is 1. The van der Waals surface area contributed by atoms with Gasteiger partial charge >= 0.3 is 6.09 Å². The van der Waals surface area contributed by atoms with E-state index in [4.69, 9.17) is 20.6 Å². The second-order valence-electron chi connectivity index (χ2n) is 5.52. The fourth-order valence-electron chi connectivity index (χ4n) is 1.61. The summed E-state index contributed by atoms with van der Waals surface area (Å²) in [5.41, 5.74) is 0.209. The molecule has 0 aliphatic rings. The SMILES string of the molecule is C#Cc1ccc(OCCNC(=O)OC(C)(C)C)c(OCC)c1. The number of terminal acetylenes is 1. The van der Waals surface area contributed by atoms with Crippen LogP contribution in [0.1, 0.15) is 33.3 Å². The Balaban J connectivity index is 2.48. The first-order valence-corrected chi connectivity index (χ1v) is 7.19. The molecule has 0 aliphatic carbocycles. The van der Waals surface area contributed by atoms with Crippen LogP contribution in [0, 0.1) is 12.3 Å². The summed E-state index contributed by atoms with van der Waals surface area (Å²) in [4.78, 5) is 11.5. The number of benzene rings is 1. The van der Waals surface area contributed by atoms with Crippen LogP contribution in [0.3, 0.4) is 0 Å². The number of hydrogen-bond donors (Lipinski definition) is 1. The lowest BCUT2D eigenvalue weighted by molar-refractivity contribution is 0.0520. The number of carbonyl (C=O) groups excluding carboxylic acids is 1. The summed E-state index contributed by atoms with van der Waals surface area (Å²) in [5.74, 6) is 3.73. The molecule has 0 unspecified atom stereocenters. The van der Waals surface area contributed by atoms with E-state index < -0.39 is 11.7 Å². The van der Waals surface area contributed by atoms with Crippen molar-refractivity contribution in [2.45, 2.75) is 33.3 Å². The predicted octanol–water partition coefficient (Wildman–Crippen LogP) is 2.97. The molecule has 0 spiro atoms. The third-order valence-corrected chi connectivity index (χ3v) is 2.44. The van der Waals surface area contributed by atoms with E-state index in [0.29, 0.717) is 31.3 Å². The molecule has 0 radical (unpaired) electrons. The fraction of sp³-hybridized carbons (Fsp3) is 0.471. The van der Waals surface area contributed by atoms with Crippen molar-refractivity contribution in [1.29, 1.82) is 0 Å². The quantitative estimate of drug-likeness (QED) is 0.648. The summed E-state index contributed by atoms with van der Waals surface area (Å²) in [6.45, 7) is 8.46. The first kappa shape index (κ1) is 17.7. The van der Waals surface area contributed by atoms with Gasteiger partial charge in [-0.2, -0.15) is 0 Å². The topological polar surface area (TPSA) is 56.8 Å². The molecule has 1 rings (SSSR count). The molecule has 1 aromatic rings. The van der Waals surface area contributed by atoms with Crippen LogP contribution in [-0.2, 0) is 4.74 Å². The lowest BCUT2D eigenvalue weighted by Crippen LogP contribution is -2.34. The minimum Gasteiger partial charge on any atom is -0.490 e. The first-order chi connectivity index (χ1) is 10.4. The van der Waals surface area contributed by atoms with Gasteiger partial charge in [-0.1, -0.05) is 5.92 Å². The Morgan fingerprint density at radius 3 is 2.59 bits per heavy atom. The van der Waals surface area contributed by atoms with Gasteiger partial charge in [0.2, 0.25) is 0 Å². The summed E-state index contributed by atoms with van der Waals surface area (Å²) in [7, 11) is 0. The molecule has 5 nitrogen and oxygen atoms in total. The second-order valence-corrected chi connectivity index (χ2v) is 5.52. The van der Waals surface area contributed by atoms with Crippen molar-refractivity contribution < 1.29 is 19.0 Å². The maximum Gasteiger partial charge on any atom is 0.407 e. The number of rotatable bonds is 6. The Hall–Kier alpha value is -2.35. The molecule has 1 N–H and O–H groups in total. The molecule has 0 aromatic heterocycles. The summed E-state index contributed by atoms with van der Waals surface area (Å²) in [6.07, 6.45) is 4.89. The third-order valence-electron chi connectivity index (χ3n) is 2.44. The lowest BCUT2D eigenvalue weighted by Gasteiger charge is -2.19. The number of hydrogen-bond acceptors (Lipinski definition) is 4. The van der Waals surface area contributed by atoms with Crippen molar-refractivity contribution in [1.82, 2.24) is 5.32 Å². The summed E-state index contributed by atoms with van der Waals surface area (Å²) in [6, 6.07) is 5.28. The standard InChI is InChI=1S/C17H23NO4/c1-6-13-8-9-14(15(12-13)20-7-2)21-11-10-18-16(19)22-17(3,4)5/h1,8-9,12H,7,10-11H2,2-5H3,(H,18,19). The summed E-state index contributed by atoms with van der Waals surface area (Å²) in [5, 5.41) is 2.62. The molecule has 0 heterocycles. The molecule has 0 atom stereocenters. The van der Waals surface area contributed by atoms with Gasteiger partial charge in [-0.15, -0.1) is 6.42 Å². The van der Waals surface area contributed by atoms with E-state index in [1.54, 1.807) is 18.2 Å². The fourth-order valence-corrected chi connectivity index (χ4v) is 1.61. The highest BCUT2D eigenvalue weighted by Crippen LogP contribution is 2.28. The van der Waals surface area contributed by atoms with Gasteiger partial charge in [-0.25, -0.2) is 4.79 Å². The van der Waals surface area contributed by atoms with Crippen LogP contribution < -0.4 is 14.8 Å². The minimum atomic E-state index is -0.516. The van der Waals surface area contributed by atoms with Gasteiger partial charge in [0.05, 0.1) is 13.2 Å². The van der Waals surface area contributed by atoms with E-state index in [9.17, 15) is 4.79 Å². The average Bonchev–Trinajstić information content (AvgIpc) is 2.43. The van der Waals surface area contributed by atoms with Gasteiger partial charge in [0.1, 0.15) is 12.2 Å². The molecular formula is C17H23NO4. The molecule has 0 saturated heterocycles. The van der Waals surface area contributed by atoms with Gasteiger partial charge in [0.15, 0.2) is 11.5 Å². The number of carbonyl (C=O) groups is 1. The van der Waals surface area contributed by atoms with Crippen LogP contribution in [0.2, 0.25) is 0 Å². The van der Waals surface area contributed by atoms with Gasteiger partial charge in [-0.05, 0) is 45.9 Å². The zero-order chi connectivity index (χ0) is 16.6. The van der Waals surface area contributed by atoms with E-state index in [1.807, 2.05) is 27.7 Å². The Bertz CT molecular complexity index is 541. The smallest absolute Gasteiger partial charge is 0.407 e. The number of ether oxygens (including phenoxy) is 3. The van der Waals surface area contributed by atoms with Crippen molar-refractivity contribution in [3.05, 3.63) is 23.8 Å². The van der Waals surface area contributed by atoms with Crippen molar-refractivity contribution in [3.63, 3.8) is 0 Å². The Kier molecular flexibility index (Phi) is 6.58. The van der Waals surface area contributed by atoms with Crippen LogP contribution in [-0.4, -0.2) is 31.5 Å². The van der Waals surface area contributed by atoms with Crippen molar-refractivity contribution in [2.24, 2.45) is 0 Å². The molecule has 0 fully saturated rings. The maximum absolute atomic E-state index is 11.5. The normalized spacial score (nSPS) is 10.5.